The second-order valence-corrected chi connectivity index (χ2v) is 7.45. The summed E-state index contributed by atoms with van der Waals surface area (Å²) in [5, 5.41) is 6.17. The molecule has 132 valence electrons. The van der Waals surface area contributed by atoms with Crippen molar-refractivity contribution >= 4 is 44.8 Å². The number of hydrogen-bond acceptors (Lipinski definition) is 4. The number of nitrogens with one attached hydrogen (secondary N) is 2. The van der Waals surface area contributed by atoms with E-state index in [1.54, 1.807) is 19.1 Å². The summed E-state index contributed by atoms with van der Waals surface area (Å²) in [5.74, 6) is -0.584. The number of rotatable bonds is 5. The van der Waals surface area contributed by atoms with Crippen molar-refractivity contribution in [2.75, 3.05) is 11.9 Å². The molecule has 2 N–H and O–H groups in total. The number of benzene rings is 2. The van der Waals surface area contributed by atoms with Gasteiger partial charge in [0.2, 0.25) is 5.91 Å². The van der Waals surface area contributed by atoms with Crippen LogP contribution in [0.15, 0.2) is 59.1 Å². The first-order valence-corrected chi connectivity index (χ1v) is 9.50. The molecule has 5 nitrogen and oxygen atoms in total. The zero-order valence-electron chi connectivity index (χ0n) is 14.0. The Bertz CT molecular complexity index is 924. The number of carbonyl (C=O) groups is 2. The highest BCUT2D eigenvalue weighted by atomic mass is 79.9. The third-order valence-corrected chi connectivity index (χ3v) is 5.29. The molecule has 0 fully saturated rings. The van der Waals surface area contributed by atoms with E-state index in [-0.39, 0.29) is 18.4 Å². The minimum absolute atomic E-state index is 0.104. The Morgan fingerprint density at radius 1 is 1.08 bits per heavy atom. The van der Waals surface area contributed by atoms with E-state index in [1.807, 2.05) is 42.5 Å². The molecule has 0 unspecified atom stereocenters. The van der Waals surface area contributed by atoms with Crippen LogP contribution < -0.4 is 10.6 Å². The number of aryl methyl sites for hydroxylation is 1. The highest BCUT2D eigenvalue weighted by Gasteiger charge is 2.16. The van der Waals surface area contributed by atoms with Crippen LogP contribution in [0.25, 0.3) is 10.6 Å². The van der Waals surface area contributed by atoms with Crippen molar-refractivity contribution in [2.45, 2.75) is 6.92 Å². The van der Waals surface area contributed by atoms with Crippen LogP contribution in [-0.4, -0.2) is 23.3 Å². The summed E-state index contributed by atoms with van der Waals surface area (Å²) in [4.78, 5) is 29.4. The first-order chi connectivity index (χ1) is 12.5. The van der Waals surface area contributed by atoms with Gasteiger partial charge in [-0.1, -0.05) is 46.3 Å². The number of carbonyl (C=O) groups excluding carboxylic acids is 2. The fourth-order valence-electron chi connectivity index (χ4n) is 2.29. The van der Waals surface area contributed by atoms with Crippen molar-refractivity contribution < 1.29 is 9.59 Å². The molecule has 2 amide bonds. The number of nitrogens with zero attached hydrogens (tertiary/aromatic N) is 1. The molecule has 26 heavy (non-hydrogen) atoms. The molecule has 0 spiro atoms. The lowest BCUT2D eigenvalue weighted by Crippen LogP contribution is -2.32. The van der Waals surface area contributed by atoms with Gasteiger partial charge in [-0.2, -0.15) is 0 Å². The van der Waals surface area contributed by atoms with Crippen molar-refractivity contribution in [3.8, 4) is 10.6 Å². The third kappa shape index (κ3) is 4.56. The minimum Gasteiger partial charge on any atom is -0.342 e. The lowest BCUT2D eigenvalue weighted by molar-refractivity contribution is -0.115. The van der Waals surface area contributed by atoms with Crippen LogP contribution in [0.3, 0.4) is 0 Å². The summed E-state index contributed by atoms with van der Waals surface area (Å²) in [5.41, 5.74) is 2.29. The van der Waals surface area contributed by atoms with Gasteiger partial charge in [0.15, 0.2) is 0 Å². The molecule has 0 bridgehead atoms. The molecule has 0 radical (unpaired) electrons. The van der Waals surface area contributed by atoms with Crippen LogP contribution in [0.1, 0.15) is 15.4 Å². The number of halogens is 1. The Hall–Kier alpha value is -2.51. The van der Waals surface area contributed by atoms with Crippen LogP contribution in [0.2, 0.25) is 0 Å². The van der Waals surface area contributed by atoms with Crippen molar-refractivity contribution in [1.82, 2.24) is 10.3 Å². The van der Waals surface area contributed by atoms with Crippen molar-refractivity contribution in [3.63, 3.8) is 0 Å². The van der Waals surface area contributed by atoms with Gasteiger partial charge in [0.05, 0.1) is 12.2 Å². The summed E-state index contributed by atoms with van der Waals surface area (Å²) < 4.78 is 0.929. The molecule has 2 aromatic carbocycles. The molecule has 0 aliphatic carbocycles. The minimum atomic E-state index is -0.298. The van der Waals surface area contributed by atoms with Gasteiger partial charge in [-0.3, -0.25) is 9.59 Å². The molecule has 0 saturated heterocycles. The van der Waals surface area contributed by atoms with Crippen molar-refractivity contribution in [3.05, 3.63) is 69.6 Å². The zero-order chi connectivity index (χ0) is 18.5. The van der Waals surface area contributed by atoms with Crippen LogP contribution in [0.5, 0.6) is 0 Å². The number of anilines is 1. The van der Waals surface area contributed by atoms with E-state index in [4.69, 9.17) is 0 Å². The van der Waals surface area contributed by atoms with E-state index in [1.165, 1.54) is 11.3 Å². The molecule has 0 saturated carbocycles. The molecule has 0 aliphatic rings. The Balaban J connectivity index is 1.60. The van der Waals surface area contributed by atoms with Gasteiger partial charge in [0, 0.05) is 15.7 Å². The van der Waals surface area contributed by atoms with E-state index >= 15 is 0 Å². The van der Waals surface area contributed by atoms with Crippen LogP contribution in [0.4, 0.5) is 5.69 Å². The molecular formula is C19H16BrN3O2S. The molecule has 3 rings (SSSR count). The summed E-state index contributed by atoms with van der Waals surface area (Å²) in [6, 6.07) is 16.9. The molecular weight excluding hydrogens is 414 g/mol. The lowest BCUT2D eigenvalue weighted by atomic mass is 10.2. The molecule has 0 aliphatic heterocycles. The van der Waals surface area contributed by atoms with Gasteiger partial charge in [0.1, 0.15) is 9.88 Å². The zero-order valence-corrected chi connectivity index (χ0v) is 16.4. The van der Waals surface area contributed by atoms with Gasteiger partial charge < -0.3 is 10.6 Å². The second-order valence-electron chi connectivity index (χ2n) is 5.54. The van der Waals surface area contributed by atoms with E-state index in [9.17, 15) is 9.59 Å². The average molecular weight is 430 g/mol. The maximum absolute atomic E-state index is 12.4. The predicted octanol–water partition coefficient (Wildman–Crippen LogP) is 4.25. The van der Waals surface area contributed by atoms with Crippen molar-refractivity contribution in [2.24, 2.45) is 0 Å². The number of hydrogen-bond donors (Lipinski definition) is 2. The topological polar surface area (TPSA) is 71.1 Å². The SMILES string of the molecule is Cc1nc(-c2ccccc2)sc1C(=O)NCC(=O)Nc1ccc(Br)cc1. The maximum atomic E-state index is 12.4. The summed E-state index contributed by atoms with van der Waals surface area (Å²) in [6.07, 6.45) is 0. The largest absolute Gasteiger partial charge is 0.342 e. The van der Waals surface area contributed by atoms with E-state index in [0.717, 1.165) is 15.0 Å². The lowest BCUT2D eigenvalue weighted by Gasteiger charge is -2.06. The normalized spacial score (nSPS) is 10.4. The molecule has 1 aromatic heterocycles. The molecule has 7 heteroatoms. The molecule has 1 heterocycles. The van der Waals surface area contributed by atoms with Crippen molar-refractivity contribution in [1.29, 1.82) is 0 Å². The van der Waals surface area contributed by atoms with Gasteiger partial charge in [-0.05, 0) is 31.2 Å². The second kappa shape index (κ2) is 8.25. The van der Waals surface area contributed by atoms with E-state index < -0.39 is 0 Å². The average Bonchev–Trinajstić information content (AvgIpc) is 3.04. The monoisotopic (exact) mass is 429 g/mol. The summed E-state index contributed by atoms with van der Waals surface area (Å²) in [6.45, 7) is 1.69. The number of thiazole rings is 1. The third-order valence-electron chi connectivity index (χ3n) is 3.56. The fraction of sp³-hybridized carbons (Fsp3) is 0.105. The summed E-state index contributed by atoms with van der Waals surface area (Å²) in [7, 11) is 0. The summed E-state index contributed by atoms with van der Waals surface area (Å²) >= 11 is 4.66. The van der Waals surface area contributed by atoms with Gasteiger partial charge in [0.25, 0.3) is 5.91 Å². The number of amides is 2. The Morgan fingerprint density at radius 3 is 2.46 bits per heavy atom. The highest BCUT2D eigenvalue weighted by Crippen LogP contribution is 2.27. The van der Waals surface area contributed by atoms with Gasteiger partial charge in [-0.25, -0.2) is 4.98 Å². The first kappa shape index (κ1) is 18.3. The highest BCUT2D eigenvalue weighted by molar-refractivity contribution is 9.10. The quantitative estimate of drug-likeness (QED) is 0.636. The Labute approximate surface area is 163 Å². The predicted molar refractivity (Wildman–Crippen MR) is 107 cm³/mol. The Kier molecular flexibility index (Phi) is 5.80. The smallest absolute Gasteiger partial charge is 0.263 e. The van der Waals surface area contributed by atoms with Gasteiger partial charge >= 0.3 is 0 Å². The number of aromatic nitrogens is 1. The van der Waals surface area contributed by atoms with E-state index in [0.29, 0.717) is 16.3 Å². The molecule has 0 atom stereocenters. The van der Waals surface area contributed by atoms with E-state index in [2.05, 4.69) is 31.5 Å². The van der Waals surface area contributed by atoms with Crippen LogP contribution in [-0.2, 0) is 4.79 Å². The fourth-order valence-corrected chi connectivity index (χ4v) is 3.54. The standard InChI is InChI=1S/C19H16BrN3O2S/c1-12-17(26-19(22-12)13-5-3-2-4-6-13)18(25)21-11-16(24)23-15-9-7-14(20)8-10-15/h2-10H,11H2,1H3,(H,21,25)(H,23,24). The van der Waals surface area contributed by atoms with Crippen LogP contribution >= 0.6 is 27.3 Å². The molecule has 3 aromatic rings. The van der Waals surface area contributed by atoms with Gasteiger partial charge in [-0.15, -0.1) is 11.3 Å². The van der Waals surface area contributed by atoms with Crippen LogP contribution in [0, 0.1) is 6.92 Å². The first-order valence-electron chi connectivity index (χ1n) is 7.89. The Morgan fingerprint density at radius 2 is 1.77 bits per heavy atom. The maximum Gasteiger partial charge on any atom is 0.263 e.